The summed E-state index contributed by atoms with van der Waals surface area (Å²) >= 11 is 0. The minimum Gasteiger partial charge on any atom is -0.399 e. The normalized spacial score (nSPS) is 10.3. The van der Waals surface area contributed by atoms with Crippen LogP contribution in [-0.4, -0.2) is 5.91 Å². The highest BCUT2D eigenvalue weighted by molar-refractivity contribution is 5.93. The van der Waals surface area contributed by atoms with Crippen molar-refractivity contribution in [1.82, 2.24) is 0 Å². The van der Waals surface area contributed by atoms with Gasteiger partial charge in [0.1, 0.15) is 0 Å². The Labute approximate surface area is 119 Å². The molecule has 2 aromatic carbocycles. The number of nitrogens with one attached hydrogen (secondary N) is 1. The van der Waals surface area contributed by atoms with E-state index in [1.54, 1.807) is 6.07 Å². The Hall–Kier alpha value is -2.29. The van der Waals surface area contributed by atoms with Crippen LogP contribution in [0, 0.1) is 20.8 Å². The molecular formula is C17H20N2O. The molecule has 3 N–H and O–H groups in total. The van der Waals surface area contributed by atoms with Gasteiger partial charge in [0, 0.05) is 11.4 Å². The van der Waals surface area contributed by atoms with Crippen molar-refractivity contribution >= 4 is 17.3 Å². The van der Waals surface area contributed by atoms with Gasteiger partial charge in [-0.1, -0.05) is 24.3 Å². The molecule has 0 aliphatic rings. The van der Waals surface area contributed by atoms with Crippen LogP contribution >= 0.6 is 0 Å². The number of hydrogen-bond donors (Lipinski definition) is 2. The number of benzene rings is 2. The highest BCUT2D eigenvalue weighted by Crippen LogP contribution is 2.18. The molecule has 0 fully saturated rings. The smallest absolute Gasteiger partial charge is 0.228 e. The summed E-state index contributed by atoms with van der Waals surface area (Å²) < 4.78 is 0. The van der Waals surface area contributed by atoms with E-state index < -0.39 is 0 Å². The Morgan fingerprint density at radius 1 is 1.00 bits per heavy atom. The number of amides is 1. The molecule has 0 unspecified atom stereocenters. The molecule has 0 atom stereocenters. The molecule has 3 nitrogen and oxygen atoms in total. The lowest BCUT2D eigenvalue weighted by Gasteiger charge is -2.10. The van der Waals surface area contributed by atoms with Crippen LogP contribution in [-0.2, 0) is 11.2 Å². The largest absolute Gasteiger partial charge is 0.399 e. The van der Waals surface area contributed by atoms with Crippen molar-refractivity contribution in [3.8, 4) is 0 Å². The zero-order valence-electron chi connectivity index (χ0n) is 12.2. The SMILES string of the molecule is Cc1ccc(CC(=O)Nc2cc(N)ccc2C)cc1C. The highest BCUT2D eigenvalue weighted by Gasteiger charge is 2.07. The molecule has 104 valence electrons. The lowest BCUT2D eigenvalue weighted by atomic mass is 10.0. The van der Waals surface area contributed by atoms with Crippen molar-refractivity contribution in [1.29, 1.82) is 0 Å². The van der Waals surface area contributed by atoms with Gasteiger partial charge in [0.05, 0.1) is 6.42 Å². The van der Waals surface area contributed by atoms with Gasteiger partial charge < -0.3 is 11.1 Å². The number of aryl methyl sites for hydroxylation is 3. The first kappa shape index (κ1) is 14.1. The number of nitrogen functional groups attached to an aromatic ring is 1. The van der Waals surface area contributed by atoms with Crippen molar-refractivity contribution in [2.45, 2.75) is 27.2 Å². The Kier molecular flexibility index (Phi) is 4.08. The third-order valence-electron chi connectivity index (χ3n) is 3.47. The van der Waals surface area contributed by atoms with Crippen LogP contribution in [0.15, 0.2) is 36.4 Å². The van der Waals surface area contributed by atoms with Crippen LogP contribution in [0.5, 0.6) is 0 Å². The number of carbonyl (C=O) groups is 1. The average molecular weight is 268 g/mol. The maximum atomic E-state index is 12.1. The first-order valence-corrected chi connectivity index (χ1v) is 6.68. The van der Waals surface area contributed by atoms with E-state index >= 15 is 0 Å². The molecule has 0 spiro atoms. The number of hydrogen-bond acceptors (Lipinski definition) is 2. The van der Waals surface area contributed by atoms with Gasteiger partial charge in [0.25, 0.3) is 0 Å². The summed E-state index contributed by atoms with van der Waals surface area (Å²) in [5.41, 5.74) is 11.6. The maximum absolute atomic E-state index is 12.1. The molecule has 1 amide bonds. The lowest BCUT2D eigenvalue weighted by Crippen LogP contribution is -2.15. The fraction of sp³-hybridized carbons (Fsp3) is 0.235. The Morgan fingerprint density at radius 3 is 2.40 bits per heavy atom. The van der Waals surface area contributed by atoms with E-state index in [1.165, 1.54) is 11.1 Å². The van der Waals surface area contributed by atoms with Crippen LogP contribution in [0.25, 0.3) is 0 Å². The molecule has 0 aliphatic heterocycles. The highest BCUT2D eigenvalue weighted by atomic mass is 16.1. The van der Waals surface area contributed by atoms with E-state index in [2.05, 4.69) is 25.2 Å². The fourth-order valence-electron chi connectivity index (χ4n) is 2.07. The van der Waals surface area contributed by atoms with Crippen molar-refractivity contribution in [3.63, 3.8) is 0 Å². The number of anilines is 2. The summed E-state index contributed by atoms with van der Waals surface area (Å²) in [5, 5.41) is 2.91. The van der Waals surface area contributed by atoms with E-state index in [4.69, 9.17) is 5.73 Å². The predicted octanol–water partition coefficient (Wildman–Crippen LogP) is 3.38. The first-order chi connectivity index (χ1) is 9.45. The molecule has 0 bridgehead atoms. The molecule has 2 aromatic rings. The second kappa shape index (κ2) is 5.78. The first-order valence-electron chi connectivity index (χ1n) is 6.68. The number of carbonyl (C=O) groups excluding carboxylic acids is 1. The van der Waals surface area contributed by atoms with Gasteiger partial charge in [-0.25, -0.2) is 0 Å². The lowest BCUT2D eigenvalue weighted by molar-refractivity contribution is -0.115. The molecule has 0 saturated heterocycles. The van der Waals surface area contributed by atoms with Crippen LogP contribution < -0.4 is 11.1 Å². The molecule has 3 heteroatoms. The van der Waals surface area contributed by atoms with Gasteiger partial charge in [-0.15, -0.1) is 0 Å². The maximum Gasteiger partial charge on any atom is 0.228 e. The summed E-state index contributed by atoms with van der Waals surface area (Å²) in [5.74, 6) is -0.0260. The molecule has 20 heavy (non-hydrogen) atoms. The van der Waals surface area contributed by atoms with E-state index in [9.17, 15) is 4.79 Å². The molecule has 0 heterocycles. The molecular weight excluding hydrogens is 248 g/mol. The van der Waals surface area contributed by atoms with Crippen molar-refractivity contribution in [2.75, 3.05) is 11.1 Å². The van der Waals surface area contributed by atoms with Crippen LogP contribution in [0.4, 0.5) is 11.4 Å². The second-order valence-electron chi connectivity index (χ2n) is 5.22. The average Bonchev–Trinajstić information content (AvgIpc) is 2.38. The fourth-order valence-corrected chi connectivity index (χ4v) is 2.07. The van der Waals surface area contributed by atoms with Gasteiger partial charge >= 0.3 is 0 Å². The van der Waals surface area contributed by atoms with Gasteiger partial charge in [-0.3, -0.25) is 4.79 Å². The van der Waals surface area contributed by atoms with Crippen LogP contribution in [0.2, 0.25) is 0 Å². The Morgan fingerprint density at radius 2 is 1.70 bits per heavy atom. The van der Waals surface area contributed by atoms with Gasteiger partial charge in [0.2, 0.25) is 5.91 Å². The molecule has 0 aromatic heterocycles. The van der Waals surface area contributed by atoms with Crippen LogP contribution in [0.1, 0.15) is 22.3 Å². The van der Waals surface area contributed by atoms with E-state index in [1.807, 2.05) is 31.2 Å². The minimum atomic E-state index is -0.0260. The summed E-state index contributed by atoms with van der Waals surface area (Å²) in [7, 11) is 0. The molecule has 0 radical (unpaired) electrons. The number of nitrogens with two attached hydrogens (primary N) is 1. The van der Waals surface area contributed by atoms with Gasteiger partial charge in [0.15, 0.2) is 0 Å². The van der Waals surface area contributed by atoms with Crippen molar-refractivity contribution in [3.05, 3.63) is 58.7 Å². The zero-order valence-corrected chi connectivity index (χ0v) is 12.2. The van der Waals surface area contributed by atoms with E-state index in [0.29, 0.717) is 12.1 Å². The molecule has 0 saturated carbocycles. The summed E-state index contributed by atoms with van der Waals surface area (Å²) in [6, 6.07) is 11.6. The van der Waals surface area contributed by atoms with Gasteiger partial charge in [-0.2, -0.15) is 0 Å². The predicted molar refractivity (Wildman–Crippen MR) is 83.8 cm³/mol. The van der Waals surface area contributed by atoms with Crippen LogP contribution in [0.3, 0.4) is 0 Å². The van der Waals surface area contributed by atoms with E-state index in [0.717, 1.165) is 16.8 Å². The zero-order chi connectivity index (χ0) is 14.7. The number of rotatable bonds is 3. The van der Waals surface area contributed by atoms with Gasteiger partial charge in [-0.05, 0) is 55.2 Å². The quantitative estimate of drug-likeness (QED) is 0.838. The summed E-state index contributed by atoms with van der Waals surface area (Å²) in [4.78, 5) is 12.1. The standard InChI is InChI=1S/C17H20N2O/c1-11-4-6-14(8-13(11)3)9-17(20)19-16-10-15(18)7-5-12(16)2/h4-8,10H,9,18H2,1-3H3,(H,19,20). The molecule has 0 aliphatic carbocycles. The Bertz CT molecular complexity index is 647. The summed E-state index contributed by atoms with van der Waals surface area (Å²) in [6.45, 7) is 6.07. The topological polar surface area (TPSA) is 55.1 Å². The minimum absolute atomic E-state index is 0.0260. The van der Waals surface area contributed by atoms with E-state index in [-0.39, 0.29) is 5.91 Å². The third-order valence-corrected chi connectivity index (χ3v) is 3.47. The second-order valence-corrected chi connectivity index (χ2v) is 5.22. The summed E-state index contributed by atoms with van der Waals surface area (Å²) in [6.07, 6.45) is 0.370. The third kappa shape index (κ3) is 3.38. The van der Waals surface area contributed by atoms with Crippen molar-refractivity contribution in [2.24, 2.45) is 0 Å². The Balaban J connectivity index is 2.09. The monoisotopic (exact) mass is 268 g/mol. The van der Waals surface area contributed by atoms with Crippen molar-refractivity contribution < 1.29 is 4.79 Å². The molecule has 2 rings (SSSR count).